The highest BCUT2D eigenvalue weighted by molar-refractivity contribution is 5.73. The number of nitrogen functional groups attached to an aromatic ring is 1. The monoisotopic (exact) mass is 756 g/mol. The summed E-state index contributed by atoms with van der Waals surface area (Å²) in [6.07, 6.45) is -12.9. The standard InChI is InChI=1S/C11H11F3N2O3.C11H13F3N2O.C9H9F3N2O2/c1-7(17)15-5-4-8-2-3-9(11(12,13)14)6-10(8)16(18)19;1-7(17)16-5-4-8-2-3-9(6-10(8)15)11(12,13)14;10-9(11,12)7-2-1-6(3-4-13)8(5-7)14(15)16/h2-3,6H,4-5H2,1H3,(H,15,17);2-3,6H,4-5,15H2,1H3,(H,16,17);1-2,5H,3-4,13H2. The highest BCUT2D eigenvalue weighted by Gasteiger charge is 2.34. The van der Waals surface area contributed by atoms with Crippen LogP contribution in [0.1, 0.15) is 47.2 Å². The van der Waals surface area contributed by atoms with Crippen molar-refractivity contribution in [2.45, 2.75) is 51.6 Å². The maximum atomic E-state index is 12.4. The second-order valence-electron chi connectivity index (χ2n) is 10.6. The Morgan fingerprint density at radius 1 is 0.615 bits per heavy atom. The van der Waals surface area contributed by atoms with Crippen molar-refractivity contribution in [1.82, 2.24) is 10.6 Å². The third-order valence-electron chi connectivity index (χ3n) is 6.64. The van der Waals surface area contributed by atoms with Crippen molar-refractivity contribution in [3.63, 3.8) is 0 Å². The predicted molar refractivity (Wildman–Crippen MR) is 170 cm³/mol. The molecule has 0 aromatic heterocycles. The molecule has 0 saturated heterocycles. The van der Waals surface area contributed by atoms with Crippen LogP contribution in [0.15, 0.2) is 54.6 Å². The molecule has 0 radical (unpaired) electrons. The zero-order chi connectivity index (χ0) is 40.0. The average Bonchev–Trinajstić information content (AvgIpc) is 3.01. The molecule has 3 aromatic rings. The van der Waals surface area contributed by atoms with Gasteiger partial charge in [0.2, 0.25) is 11.8 Å². The zero-order valence-corrected chi connectivity index (χ0v) is 27.3. The Morgan fingerprint density at radius 2 is 0.942 bits per heavy atom. The third kappa shape index (κ3) is 15.2. The smallest absolute Gasteiger partial charge is 0.398 e. The predicted octanol–water partition coefficient (Wildman–Crippen LogP) is 6.37. The maximum Gasteiger partial charge on any atom is 0.416 e. The summed E-state index contributed by atoms with van der Waals surface area (Å²) in [6, 6.07) is 8.02. The number of anilines is 1. The average molecular weight is 757 g/mol. The summed E-state index contributed by atoms with van der Waals surface area (Å²) in [4.78, 5) is 40.9. The van der Waals surface area contributed by atoms with Crippen molar-refractivity contribution in [3.05, 3.63) is 108 Å². The van der Waals surface area contributed by atoms with E-state index in [2.05, 4.69) is 10.6 Å². The van der Waals surface area contributed by atoms with E-state index in [1.807, 2.05) is 0 Å². The number of amides is 2. The van der Waals surface area contributed by atoms with Gasteiger partial charge in [-0.1, -0.05) is 18.2 Å². The van der Waals surface area contributed by atoms with Gasteiger partial charge in [0.05, 0.1) is 26.5 Å². The molecule has 0 fully saturated rings. The number of nitro groups is 2. The van der Waals surface area contributed by atoms with E-state index in [0.717, 1.165) is 36.4 Å². The van der Waals surface area contributed by atoms with Gasteiger partial charge in [0.25, 0.3) is 11.4 Å². The van der Waals surface area contributed by atoms with Crippen LogP contribution in [-0.4, -0.2) is 41.3 Å². The number of halogens is 9. The molecule has 21 heteroatoms. The Balaban J connectivity index is 0.000000392. The van der Waals surface area contributed by atoms with Gasteiger partial charge in [-0.3, -0.25) is 29.8 Å². The third-order valence-corrected chi connectivity index (χ3v) is 6.64. The second kappa shape index (κ2) is 19.2. The lowest BCUT2D eigenvalue weighted by Crippen LogP contribution is -2.22. The van der Waals surface area contributed by atoms with E-state index in [1.54, 1.807) is 0 Å². The van der Waals surface area contributed by atoms with E-state index >= 15 is 0 Å². The molecule has 0 saturated carbocycles. The van der Waals surface area contributed by atoms with E-state index in [-0.39, 0.29) is 54.6 Å². The van der Waals surface area contributed by atoms with Crippen molar-refractivity contribution >= 4 is 28.9 Å². The number of nitrogens with zero attached hydrogens (tertiary/aromatic N) is 2. The zero-order valence-electron chi connectivity index (χ0n) is 27.3. The fourth-order valence-electron chi connectivity index (χ4n) is 4.14. The Morgan fingerprint density at radius 3 is 1.25 bits per heavy atom. The quantitative estimate of drug-likeness (QED) is 0.0792. The summed E-state index contributed by atoms with van der Waals surface area (Å²) in [5, 5.41) is 26.3. The summed E-state index contributed by atoms with van der Waals surface area (Å²) in [5.74, 6) is -0.495. The van der Waals surface area contributed by atoms with Gasteiger partial charge >= 0.3 is 18.5 Å². The molecule has 0 aliphatic rings. The molecule has 0 aliphatic carbocycles. The number of hydrogen-bond donors (Lipinski definition) is 4. The maximum absolute atomic E-state index is 12.4. The van der Waals surface area contributed by atoms with Crippen LogP contribution in [0, 0.1) is 20.2 Å². The van der Waals surface area contributed by atoms with E-state index in [9.17, 15) is 69.3 Å². The van der Waals surface area contributed by atoms with E-state index in [0.29, 0.717) is 30.7 Å². The van der Waals surface area contributed by atoms with Crippen LogP contribution in [0.3, 0.4) is 0 Å². The summed E-state index contributed by atoms with van der Waals surface area (Å²) in [6.45, 7) is 3.27. The Labute approximate surface area is 289 Å². The number of carbonyl (C=O) groups excluding carboxylic acids is 2. The molecule has 286 valence electrons. The first-order valence-corrected chi connectivity index (χ1v) is 14.7. The molecule has 12 nitrogen and oxygen atoms in total. The minimum atomic E-state index is -4.62. The highest BCUT2D eigenvalue weighted by atomic mass is 19.4. The minimum Gasteiger partial charge on any atom is -0.398 e. The van der Waals surface area contributed by atoms with Crippen molar-refractivity contribution in [3.8, 4) is 0 Å². The lowest BCUT2D eigenvalue weighted by atomic mass is 10.1. The first-order chi connectivity index (χ1) is 23.9. The summed E-state index contributed by atoms with van der Waals surface area (Å²) in [7, 11) is 0. The minimum absolute atomic E-state index is 0.0881. The summed E-state index contributed by atoms with van der Waals surface area (Å²) >= 11 is 0. The van der Waals surface area contributed by atoms with Crippen LogP contribution < -0.4 is 22.1 Å². The molecular formula is C31H33F9N6O6. The summed E-state index contributed by atoms with van der Waals surface area (Å²) in [5.41, 5.74) is 7.76. The number of hydrogen-bond acceptors (Lipinski definition) is 8. The fourth-order valence-corrected chi connectivity index (χ4v) is 4.14. The van der Waals surface area contributed by atoms with E-state index < -0.39 is 56.4 Å². The van der Waals surface area contributed by atoms with E-state index in [4.69, 9.17) is 11.5 Å². The summed E-state index contributed by atoms with van der Waals surface area (Å²) < 4.78 is 111. The lowest BCUT2D eigenvalue weighted by molar-refractivity contribution is -0.385. The molecule has 6 N–H and O–H groups in total. The van der Waals surface area contributed by atoms with Gasteiger partial charge in [0.15, 0.2) is 0 Å². The van der Waals surface area contributed by atoms with Gasteiger partial charge in [-0.15, -0.1) is 0 Å². The first-order valence-electron chi connectivity index (χ1n) is 14.7. The van der Waals surface area contributed by atoms with Crippen LogP contribution in [0.2, 0.25) is 0 Å². The number of nitro benzene ring substituents is 2. The number of rotatable bonds is 10. The molecule has 0 spiro atoms. The SMILES string of the molecule is CC(=O)NCCc1ccc(C(F)(F)F)cc1N.CC(=O)NCCc1ccc(C(F)(F)F)cc1[N+](=O)[O-].NCCc1ccc(C(F)(F)F)cc1[N+](=O)[O-]. The van der Waals surface area contributed by atoms with Gasteiger partial charge in [-0.25, -0.2) is 0 Å². The Kier molecular flexibility index (Phi) is 16.5. The first kappa shape index (κ1) is 44.6. The molecule has 3 aromatic carbocycles. The van der Waals surface area contributed by atoms with Crippen molar-refractivity contribution in [1.29, 1.82) is 0 Å². The molecule has 0 heterocycles. The number of alkyl halides is 9. The van der Waals surface area contributed by atoms with Crippen molar-refractivity contribution < 1.29 is 58.9 Å². The molecule has 0 aliphatic heterocycles. The number of benzene rings is 3. The van der Waals surface area contributed by atoms with Gasteiger partial charge in [0.1, 0.15) is 0 Å². The molecule has 0 unspecified atom stereocenters. The number of carbonyl (C=O) groups is 2. The van der Waals surface area contributed by atoms with Gasteiger partial charge in [-0.05, 0) is 55.6 Å². The largest absolute Gasteiger partial charge is 0.416 e. The number of nitrogens with one attached hydrogen (secondary N) is 2. The molecule has 52 heavy (non-hydrogen) atoms. The fraction of sp³-hybridized carbons (Fsp3) is 0.355. The highest BCUT2D eigenvalue weighted by Crippen LogP contribution is 2.34. The molecular weight excluding hydrogens is 723 g/mol. The molecule has 0 atom stereocenters. The lowest BCUT2D eigenvalue weighted by Gasteiger charge is -2.10. The van der Waals surface area contributed by atoms with E-state index in [1.165, 1.54) is 19.9 Å². The van der Waals surface area contributed by atoms with Crippen molar-refractivity contribution in [2.75, 3.05) is 25.4 Å². The molecule has 0 bridgehead atoms. The van der Waals surface area contributed by atoms with Gasteiger partial charge < -0.3 is 22.1 Å². The number of nitrogens with two attached hydrogens (primary N) is 2. The Bertz CT molecular complexity index is 1710. The normalized spacial score (nSPS) is 11.3. The van der Waals surface area contributed by atoms with Crippen molar-refractivity contribution in [2.24, 2.45) is 5.73 Å². The second-order valence-corrected chi connectivity index (χ2v) is 10.6. The molecule has 3 rings (SSSR count). The van der Waals surface area contributed by atoms with Crippen LogP contribution in [0.4, 0.5) is 56.6 Å². The van der Waals surface area contributed by atoms with Crippen LogP contribution in [0.25, 0.3) is 0 Å². The van der Waals surface area contributed by atoms with Crippen LogP contribution >= 0.6 is 0 Å². The van der Waals surface area contributed by atoms with Crippen LogP contribution in [-0.2, 0) is 47.4 Å². The van der Waals surface area contributed by atoms with Crippen LogP contribution in [0.5, 0.6) is 0 Å². The van der Waals surface area contributed by atoms with Gasteiger partial charge in [-0.2, -0.15) is 39.5 Å². The van der Waals surface area contributed by atoms with Gasteiger partial charge in [0, 0.05) is 55.9 Å². The Hall–Kier alpha value is -5.47. The molecule has 2 amide bonds. The topological polar surface area (TPSA) is 197 Å².